The van der Waals surface area contributed by atoms with E-state index < -0.39 is 5.97 Å². The van der Waals surface area contributed by atoms with Gasteiger partial charge in [0.25, 0.3) is 0 Å². The fourth-order valence-corrected chi connectivity index (χ4v) is 2.54. The summed E-state index contributed by atoms with van der Waals surface area (Å²) in [7, 11) is 0. The number of thiocarbonyl (C=S) groups is 1. The zero-order valence-electron chi connectivity index (χ0n) is 13.3. The molecule has 0 amide bonds. The van der Waals surface area contributed by atoms with E-state index in [1.807, 2.05) is 12.1 Å². The van der Waals surface area contributed by atoms with Crippen LogP contribution in [0.25, 0.3) is 0 Å². The van der Waals surface area contributed by atoms with Crippen LogP contribution in [0.1, 0.15) is 29.5 Å². The molecule has 0 fully saturated rings. The molecule has 2 aromatic rings. The highest BCUT2D eigenvalue weighted by atomic mass is 35.5. The number of nitrogens with one attached hydrogen (secondary N) is 2. The number of aryl methyl sites for hydroxylation is 1. The molecule has 1 heterocycles. The van der Waals surface area contributed by atoms with E-state index in [0.717, 1.165) is 25.1 Å². The number of anilines is 1. The Balaban J connectivity index is 1.78. The van der Waals surface area contributed by atoms with E-state index in [1.165, 1.54) is 0 Å². The lowest BCUT2D eigenvalue weighted by atomic mass is 10.2. The summed E-state index contributed by atoms with van der Waals surface area (Å²) >= 11 is 11.4. The third kappa shape index (κ3) is 5.54. The molecule has 128 valence electrons. The smallest absolute Gasteiger partial charge is 0.339 e. The molecule has 0 aliphatic carbocycles. The summed E-state index contributed by atoms with van der Waals surface area (Å²) in [6, 6.07) is 8.81. The van der Waals surface area contributed by atoms with Gasteiger partial charge >= 0.3 is 5.97 Å². The summed E-state index contributed by atoms with van der Waals surface area (Å²) in [6.45, 7) is 2.78. The van der Waals surface area contributed by atoms with Gasteiger partial charge in [0.15, 0.2) is 5.11 Å². The van der Waals surface area contributed by atoms with E-state index in [1.54, 1.807) is 31.4 Å². The first kappa shape index (κ1) is 18.3. The molecule has 0 saturated carbocycles. The van der Waals surface area contributed by atoms with E-state index in [0.29, 0.717) is 28.0 Å². The molecule has 2 rings (SSSR count). The van der Waals surface area contributed by atoms with Crippen molar-refractivity contribution in [1.82, 2.24) is 5.32 Å². The molecule has 0 spiro atoms. The molecule has 5 nitrogen and oxygen atoms in total. The lowest BCUT2D eigenvalue weighted by molar-refractivity contribution is 0.0526. The molecule has 0 bridgehead atoms. The number of carbonyl (C=O) groups excluding carboxylic acids is 1. The van der Waals surface area contributed by atoms with Gasteiger partial charge in [-0.3, -0.25) is 0 Å². The number of rotatable bonds is 7. The van der Waals surface area contributed by atoms with E-state index in [4.69, 9.17) is 33.0 Å². The van der Waals surface area contributed by atoms with E-state index >= 15 is 0 Å². The Hall–Kier alpha value is -2.05. The Morgan fingerprint density at radius 2 is 2.21 bits per heavy atom. The molecular formula is C17H19ClN2O3S. The molecule has 0 atom stereocenters. The fourth-order valence-electron chi connectivity index (χ4n) is 2.06. The molecule has 7 heteroatoms. The number of hydrogen-bond donors (Lipinski definition) is 2. The predicted octanol–water partition coefficient (Wildman–Crippen LogP) is 4.03. The number of benzene rings is 1. The Morgan fingerprint density at radius 1 is 1.38 bits per heavy atom. The average Bonchev–Trinajstić information content (AvgIpc) is 3.05. The van der Waals surface area contributed by atoms with Gasteiger partial charge in [-0.05, 0) is 55.9 Å². The third-order valence-corrected chi connectivity index (χ3v) is 3.75. The summed E-state index contributed by atoms with van der Waals surface area (Å²) < 4.78 is 10.2. The van der Waals surface area contributed by atoms with E-state index in [9.17, 15) is 4.79 Å². The van der Waals surface area contributed by atoms with Gasteiger partial charge in [0, 0.05) is 18.7 Å². The first-order valence-electron chi connectivity index (χ1n) is 7.64. The van der Waals surface area contributed by atoms with Gasteiger partial charge in [0.05, 0.1) is 23.5 Å². The van der Waals surface area contributed by atoms with Gasteiger partial charge < -0.3 is 19.8 Å². The zero-order valence-corrected chi connectivity index (χ0v) is 14.9. The second-order valence-corrected chi connectivity index (χ2v) is 5.79. The largest absolute Gasteiger partial charge is 0.469 e. The Morgan fingerprint density at radius 3 is 2.88 bits per heavy atom. The second-order valence-electron chi connectivity index (χ2n) is 4.98. The number of carbonyl (C=O) groups is 1. The maximum Gasteiger partial charge on any atom is 0.339 e. The third-order valence-electron chi connectivity index (χ3n) is 3.19. The van der Waals surface area contributed by atoms with Crippen LogP contribution in [0.2, 0.25) is 5.02 Å². The van der Waals surface area contributed by atoms with Crippen molar-refractivity contribution in [1.29, 1.82) is 0 Å². The number of furan rings is 1. The van der Waals surface area contributed by atoms with E-state index in [-0.39, 0.29) is 0 Å². The molecule has 0 unspecified atom stereocenters. The van der Waals surface area contributed by atoms with Crippen molar-refractivity contribution in [3.63, 3.8) is 0 Å². The molecule has 1 aromatic carbocycles. The number of ether oxygens (including phenoxy) is 1. The van der Waals surface area contributed by atoms with Crippen LogP contribution in [-0.4, -0.2) is 24.2 Å². The lowest BCUT2D eigenvalue weighted by Gasteiger charge is -2.11. The maximum absolute atomic E-state index is 11.7. The van der Waals surface area contributed by atoms with Crippen molar-refractivity contribution in [3.8, 4) is 0 Å². The Labute approximate surface area is 151 Å². The quantitative estimate of drug-likeness (QED) is 0.438. The molecule has 0 saturated heterocycles. The van der Waals surface area contributed by atoms with Crippen LogP contribution in [-0.2, 0) is 11.2 Å². The average molecular weight is 367 g/mol. The lowest BCUT2D eigenvalue weighted by Crippen LogP contribution is -2.29. The van der Waals surface area contributed by atoms with Crippen LogP contribution in [0.4, 0.5) is 5.69 Å². The van der Waals surface area contributed by atoms with Crippen LogP contribution in [0.5, 0.6) is 0 Å². The number of halogens is 1. The van der Waals surface area contributed by atoms with Crippen molar-refractivity contribution in [3.05, 3.63) is 52.9 Å². The molecule has 0 aliphatic heterocycles. The zero-order chi connectivity index (χ0) is 17.4. The summed E-state index contributed by atoms with van der Waals surface area (Å²) in [5.41, 5.74) is 1.04. The van der Waals surface area contributed by atoms with Crippen LogP contribution < -0.4 is 10.6 Å². The summed E-state index contributed by atoms with van der Waals surface area (Å²) in [5.74, 6) is 0.518. The van der Waals surface area contributed by atoms with Gasteiger partial charge in [-0.15, -0.1) is 0 Å². The van der Waals surface area contributed by atoms with Gasteiger partial charge in [-0.25, -0.2) is 4.79 Å². The van der Waals surface area contributed by atoms with Crippen LogP contribution in [0.3, 0.4) is 0 Å². The molecule has 2 N–H and O–H groups in total. The highest BCUT2D eigenvalue weighted by molar-refractivity contribution is 7.80. The van der Waals surface area contributed by atoms with Crippen molar-refractivity contribution in [2.75, 3.05) is 18.5 Å². The van der Waals surface area contributed by atoms with Crippen molar-refractivity contribution < 1.29 is 13.9 Å². The van der Waals surface area contributed by atoms with Crippen molar-refractivity contribution in [2.45, 2.75) is 19.8 Å². The first-order valence-corrected chi connectivity index (χ1v) is 8.42. The molecular weight excluding hydrogens is 348 g/mol. The van der Waals surface area contributed by atoms with E-state index in [2.05, 4.69) is 10.6 Å². The normalized spacial score (nSPS) is 10.2. The summed E-state index contributed by atoms with van der Waals surface area (Å²) in [6.07, 6.45) is 3.42. The van der Waals surface area contributed by atoms with Crippen LogP contribution in [0.15, 0.2) is 41.0 Å². The van der Waals surface area contributed by atoms with Gasteiger partial charge in [-0.1, -0.05) is 11.6 Å². The second kappa shape index (κ2) is 9.30. The van der Waals surface area contributed by atoms with Gasteiger partial charge in [-0.2, -0.15) is 0 Å². The topological polar surface area (TPSA) is 63.5 Å². The highest BCUT2D eigenvalue weighted by Crippen LogP contribution is 2.21. The first-order chi connectivity index (χ1) is 11.6. The standard InChI is InChI=1S/C17H19ClN2O3S/c1-2-22-16(21)14-8-7-12(11-15(14)18)20-17(24)19-9-3-5-13-6-4-10-23-13/h4,6-8,10-11H,2-3,5,9H2,1H3,(H2,19,20,24). The SMILES string of the molecule is CCOC(=O)c1ccc(NC(=S)NCCCc2ccco2)cc1Cl. The molecule has 0 aliphatic rings. The minimum Gasteiger partial charge on any atom is -0.469 e. The Bertz CT molecular complexity index is 689. The minimum atomic E-state index is -0.437. The molecule has 24 heavy (non-hydrogen) atoms. The molecule has 1 aromatic heterocycles. The fraction of sp³-hybridized carbons (Fsp3) is 0.294. The predicted molar refractivity (Wildman–Crippen MR) is 98.7 cm³/mol. The molecule has 0 radical (unpaired) electrons. The number of esters is 1. The van der Waals surface area contributed by atoms with Crippen molar-refractivity contribution in [2.24, 2.45) is 0 Å². The number of hydrogen-bond acceptors (Lipinski definition) is 4. The minimum absolute atomic E-state index is 0.307. The van der Waals surface area contributed by atoms with Crippen LogP contribution >= 0.6 is 23.8 Å². The Kier molecular flexibility index (Phi) is 7.08. The summed E-state index contributed by atoms with van der Waals surface area (Å²) in [5, 5.41) is 6.96. The van der Waals surface area contributed by atoms with Gasteiger partial charge in [0.2, 0.25) is 0 Å². The van der Waals surface area contributed by atoms with Gasteiger partial charge in [0.1, 0.15) is 5.76 Å². The highest BCUT2D eigenvalue weighted by Gasteiger charge is 2.12. The van der Waals surface area contributed by atoms with Crippen molar-refractivity contribution >= 4 is 40.6 Å². The maximum atomic E-state index is 11.7. The van der Waals surface area contributed by atoms with Crippen LogP contribution in [0, 0.1) is 0 Å². The summed E-state index contributed by atoms with van der Waals surface area (Å²) in [4.78, 5) is 11.7. The monoisotopic (exact) mass is 366 g/mol.